The van der Waals surface area contributed by atoms with E-state index in [0.29, 0.717) is 22.1 Å². The summed E-state index contributed by atoms with van der Waals surface area (Å²) in [4.78, 5) is 6.15. The summed E-state index contributed by atoms with van der Waals surface area (Å²) in [5, 5.41) is 7.94. The number of hydrogen-bond donors (Lipinski definition) is 0. The molecule has 80 valence electrons. The van der Waals surface area contributed by atoms with Crippen molar-refractivity contribution >= 4 is 27.4 Å². The highest BCUT2D eigenvalue weighted by molar-refractivity contribution is 9.10. The number of aromatic nitrogens is 4. The second-order valence-corrected chi connectivity index (χ2v) is 3.87. The number of ether oxygens (including phenoxy) is 1. The maximum Gasteiger partial charge on any atom is 0.232 e. The molecule has 0 saturated heterocycles. The molecule has 0 radical (unpaired) electrons. The summed E-state index contributed by atoms with van der Waals surface area (Å²) in [7, 11) is 5.36. The third kappa shape index (κ3) is 1.63. The lowest BCUT2D eigenvalue weighted by atomic mass is 10.5. The minimum absolute atomic E-state index is 0.520. The van der Waals surface area contributed by atoms with E-state index in [1.807, 2.05) is 19.0 Å². The van der Waals surface area contributed by atoms with Gasteiger partial charge in [0.2, 0.25) is 16.3 Å². The molecule has 6 nitrogen and oxygen atoms in total. The second-order valence-electron chi connectivity index (χ2n) is 3.16. The molecule has 0 bridgehead atoms. The summed E-state index contributed by atoms with van der Waals surface area (Å²) in [6, 6.07) is 0. The third-order valence-corrected chi connectivity index (χ3v) is 2.48. The number of methoxy groups -OCH3 is 1. The fourth-order valence-electron chi connectivity index (χ4n) is 1.23. The smallest absolute Gasteiger partial charge is 0.232 e. The van der Waals surface area contributed by atoms with Crippen LogP contribution in [-0.4, -0.2) is 40.8 Å². The molecule has 15 heavy (non-hydrogen) atoms. The molecule has 0 aromatic carbocycles. The van der Waals surface area contributed by atoms with E-state index in [-0.39, 0.29) is 0 Å². The topological polar surface area (TPSA) is 55.6 Å². The Bertz CT molecular complexity index is 495. The van der Waals surface area contributed by atoms with Crippen LogP contribution in [0.15, 0.2) is 10.9 Å². The summed E-state index contributed by atoms with van der Waals surface area (Å²) in [5.74, 6) is 1.24. The average molecular weight is 272 g/mol. The fourth-order valence-corrected chi connectivity index (χ4v) is 1.58. The van der Waals surface area contributed by atoms with E-state index in [2.05, 4.69) is 31.1 Å². The molecule has 0 fully saturated rings. The van der Waals surface area contributed by atoms with Gasteiger partial charge in [-0.3, -0.25) is 4.40 Å². The number of nitrogens with zero attached hydrogens (tertiary/aromatic N) is 5. The van der Waals surface area contributed by atoms with E-state index < -0.39 is 0 Å². The first-order chi connectivity index (χ1) is 7.13. The van der Waals surface area contributed by atoms with Gasteiger partial charge in [-0.05, 0) is 15.9 Å². The van der Waals surface area contributed by atoms with Crippen molar-refractivity contribution in [3.8, 4) is 5.88 Å². The van der Waals surface area contributed by atoms with Crippen LogP contribution in [0.2, 0.25) is 0 Å². The van der Waals surface area contributed by atoms with Crippen molar-refractivity contribution in [2.24, 2.45) is 0 Å². The van der Waals surface area contributed by atoms with Crippen molar-refractivity contribution in [3.63, 3.8) is 0 Å². The molecule has 0 N–H and O–H groups in total. The van der Waals surface area contributed by atoms with Gasteiger partial charge in [0, 0.05) is 14.1 Å². The molecule has 0 aliphatic rings. The van der Waals surface area contributed by atoms with Crippen molar-refractivity contribution < 1.29 is 4.74 Å². The highest BCUT2D eigenvalue weighted by Crippen LogP contribution is 2.22. The van der Waals surface area contributed by atoms with Crippen LogP contribution in [0.3, 0.4) is 0 Å². The van der Waals surface area contributed by atoms with Gasteiger partial charge in [0.1, 0.15) is 0 Å². The Morgan fingerprint density at radius 2 is 2.13 bits per heavy atom. The molecule has 2 heterocycles. The highest BCUT2D eigenvalue weighted by atomic mass is 79.9. The van der Waals surface area contributed by atoms with Gasteiger partial charge in [-0.2, -0.15) is 4.98 Å². The van der Waals surface area contributed by atoms with Crippen molar-refractivity contribution in [1.29, 1.82) is 0 Å². The lowest BCUT2D eigenvalue weighted by Gasteiger charge is -2.12. The van der Waals surface area contributed by atoms with E-state index in [1.165, 1.54) is 0 Å². The Kier molecular flexibility index (Phi) is 2.47. The standard InChI is InChI=1S/C8H10BrN5O/c1-13(2)6-7-11-12-8(9)14(7)4-5(10-6)15-3/h4H,1-3H3. The van der Waals surface area contributed by atoms with Gasteiger partial charge in [-0.25, -0.2) is 0 Å². The second kappa shape index (κ2) is 3.65. The van der Waals surface area contributed by atoms with E-state index >= 15 is 0 Å². The van der Waals surface area contributed by atoms with Crippen LogP contribution in [0.5, 0.6) is 5.88 Å². The molecule has 0 saturated carbocycles. The molecule has 0 unspecified atom stereocenters. The maximum atomic E-state index is 5.10. The lowest BCUT2D eigenvalue weighted by molar-refractivity contribution is 0.395. The molecule has 0 spiro atoms. The van der Waals surface area contributed by atoms with E-state index in [1.54, 1.807) is 17.7 Å². The molecule has 0 aliphatic heterocycles. The van der Waals surface area contributed by atoms with Gasteiger partial charge >= 0.3 is 0 Å². The molecule has 2 aromatic rings. The quantitative estimate of drug-likeness (QED) is 0.815. The lowest BCUT2D eigenvalue weighted by Crippen LogP contribution is -2.13. The Balaban J connectivity index is 2.76. The number of fused-ring (bicyclic) bond motifs is 1. The van der Waals surface area contributed by atoms with Crippen molar-refractivity contribution in [1.82, 2.24) is 19.6 Å². The Morgan fingerprint density at radius 1 is 1.40 bits per heavy atom. The van der Waals surface area contributed by atoms with E-state index in [4.69, 9.17) is 4.74 Å². The average Bonchev–Trinajstić information content (AvgIpc) is 2.59. The SMILES string of the molecule is COc1cn2c(Br)nnc2c(N(C)C)n1. The normalized spacial score (nSPS) is 10.7. The van der Waals surface area contributed by atoms with Crippen LogP contribution in [0.1, 0.15) is 0 Å². The Labute approximate surface area is 95.0 Å². The molecule has 2 rings (SSSR count). The maximum absolute atomic E-state index is 5.10. The van der Waals surface area contributed by atoms with Crippen LogP contribution >= 0.6 is 15.9 Å². The largest absolute Gasteiger partial charge is 0.480 e. The van der Waals surface area contributed by atoms with Gasteiger partial charge in [0.25, 0.3) is 0 Å². The molecular formula is C8H10BrN5O. The monoisotopic (exact) mass is 271 g/mol. The molecule has 0 amide bonds. The minimum atomic E-state index is 0.520. The van der Waals surface area contributed by atoms with Crippen molar-refractivity contribution in [2.75, 3.05) is 26.1 Å². The first-order valence-corrected chi connectivity index (χ1v) is 5.05. The molecule has 0 atom stereocenters. The zero-order chi connectivity index (χ0) is 11.0. The minimum Gasteiger partial charge on any atom is -0.480 e. The molecule has 7 heteroatoms. The zero-order valence-electron chi connectivity index (χ0n) is 8.60. The van der Waals surface area contributed by atoms with Crippen molar-refractivity contribution in [3.05, 3.63) is 10.9 Å². The number of anilines is 1. The first-order valence-electron chi connectivity index (χ1n) is 4.26. The van der Waals surface area contributed by atoms with Gasteiger partial charge in [0.15, 0.2) is 5.82 Å². The van der Waals surface area contributed by atoms with E-state index in [0.717, 1.165) is 0 Å². The summed E-state index contributed by atoms with van der Waals surface area (Å²) >= 11 is 3.30. The van der Waals surface area contributed by atoms with Crippen LogP contribution in [0.25, 0.3) is 5.65 Å². The Hall–Kier alpha value is -1.37. The fraction of sp³-hybridized carbons (Fsp3) is 0.375. The molecular weight excluding hydrogens is 262 g/mol. The number of hydrogen-bond acceptors (Lipinski definition) is 5. The van der Waals surface area contributed by atoms with Crippen LogP contribution in [0.4, 0.5) is 5.82 Å². The third-order valence-electron chi connectivity index (χ3n) is 1.94. The summed E-state index contributed by atoms with van der Waals surface area (Å²) in [6.07, 6.45) is 1.73. The van der Waals surface area contributed by atoms with Crippen LogP contribution in [-0.2, 0) is 0 Å². The van der Waals surface area contributed by atoms with Gasteiger partial charge in [-0.1, -0.05) is 0 Å². The predicted octanol–water partition coefficient (Wildman–Crippen LogP) is 0.961. The summed E-state index contributed by atoms with van der Waals surface area (Å²) in [5.41, 5.74) is 0.688. The summed E-state index contributed by atoms with van der Waals surface area (Å²) in [6.45, 7) is 0. The van der Waals surface area contributed by atoms with Crippen LogP contribution in [0, 0.1) is 0 Å². The number of halogens is 1. The van der Waals surface area contributed by atoms with Crippen molar-refractivity contribution in [2.45, 2.75) is 0 Å². The van der Waals surface area contributed by atoms with E-state index in [9.17, 15) is 0 Å². The van der Waals surface area contributed by atoms with Gasteiger partial charge in [0.05, 0.1) is 13.3 Å². The summed E-state index contributed by atoms with van der Waals surface area (Å²) < 4.78 is 7.51. The molecule has 0 aliphatic carbocycles. The Morgan fingerprint density at radius 3 is 2.73 bits per heavy atom. The van der Waals surface area contributed by atoms with Gasteiger partial charge in [-0.15, -0.1) is 10.2 Å². The number of rotatable bonds is 2. The molecule has 2 aromatic heterocycles. The highest BCUT2D eigenvalue weighted by Gasteiger charge is 2.12. The van der Waals surface area contributed by atoms with Crippen LogP contribution < -0.4 is 9.64 Å². The predicted molar refractivity (Wildman–Crippen MR) is 59.4 cm³/mol. The van der Waals surface area contributed by atoms with Gasteiger partial charge < -0.3 is 9.64 Å². The first kappa shape index (κ1) is 10.2. The zero-order valence-corrected chi connectivity index (χ0v) is 10.2.